The van der Waals surface area contributed by atoms with Gasteiger partial charge in [-0.25, -0.2) is 4.79 Å². The van der Waals surface area contributed by atoms with Crippen LogP contribution in [0.4, 0.5) is 0 Å². The van der Waals surface area contributed by atoms with Crippen LogP contribution in [0.2, 0.25) is 0 Å². The zero-order valence-electron chi connectivity index (χ0n) is 23.6. The average Bonchev–Trinajstić information content (AvgIpc) is 3.37. The molecule has 5 aromatic rings. The molecule has 2 heterocycles. The largest absolute Gasteiger partial charge is 0.493 e. The maximum absolute atomic E-state index is 12.9. The van der Waals surface area contributed by atoms with Crippen LogP contribution in [0.25, 0.3) is 21.7 Å². The standard InChI is InChI=1S/C34H34N2O5/c1-4-6-29-28-10-7-26(32(37)23-13-16-35-17-14-23)21-24(28)8-12-31(29)40-20-5-18-36-19-15-25-22-27(9-11-30(25)36)41-34(2,3)33(38)39/h7-17,19,21-22H,4-6,18,20H2,1-3H3,(H,38,39). The van der Waals surface area contributed by atoms with Gasteiger partial charge >= 0.3 is 5.97 Å². The number of aryl methyl sites for hydroxylation is 2. The van der Waals surface area contributed by atoms with E-state index >= 15 is 0 Å². The number of benzene rings is 3. The number of pyridine rings is 1. The van der Waals surface area contributed by atoms with Gasteiger partial charge in [-0.2, -0.15) is 0 Å². The number of fused-ring (bicyclic) bond motifs is 2. The lowest BCUT2D eigenvalue weighted by Gasteiger charge is -2.21. The molecule has 0 unspecified atom stereocenters. The summed E-state index contributed by atoms with van der Waals surface area (Å²) in [4.78, 5) is 28.3. The first-order valence-electron chi connectivity index (χ1n) is 13.9. The molecule has 7 heteroatoms. The van der Waals surface area contributed by atoms with Crippen LogP contribution < -0.4 is 9.47 Å². The molecule has 0 radical (unpaired) electrons. The number of hydrogen-bond donors (Lipinski definition) is 1. The smallest absolute Gasteiger partial charge is 0.347 e. The van der Waals surface area contributed by atoms with Crippen molar-refractivity contribution in [3.8, 4) is 11.5 Å². The maximum atomic E-state index is 12.9. The predicted molar refractivity (Wildman–Crippen MR) is 160 cm³/mol. The Kier molecular flexibility index (Phi) is 8.06. The molecular weight excluding hydrogens is 516 g/mol. The Labute approximate surface area is 239 Å². The Morgan fingerprint density at radius 1 is 0.927 bits per heavy atom. The van der Waals surface area contributed by atoms with Crippen LogP contribution in [0.5, 0.6) is 11.5 Å². The van der Waals surface area contributed by atoms with Crippen LogP contribution >= 0.6 is 0 Å². The fraction of sp³-hybridized carbons (Fsp3) is 0.265. The summed E-state index contributed by atoms with van der Waals surface area (Å²) in [5, 5.41) is 12.5. The second-order valence-corrected chi connectivity index (χ2v) is 10.6. The van der Waals surface area contributed by atoms with Gasteiger partial charge in [0.05, 0.1) is 6.61 Å². The summed E-state index contributed by atoms with van der Waals surface area (Å²) >= 11 is 0. The molecule has 0 atom stereocenters. The first kappa shape index (κ1) is 27.9. The Hall–Kier alpha value is -4.65. The highest BCUT2D eigenvalue weighted by molar-refractivity contribution is 6.10. The molecule has 0 spiro atoms. The number of hydrogen-bond acceptors (Lipinski definition) is 5. The van der Waals surface area contributed by atoms with Crippen molar-refractivity contribution in [3.63, 3.8) is 0 Å². The van der Waals surface area contributed by atoms with Gasteiger partial charge in [0.2, 0.25) is 0 Å². The Morgan fingerprint density at radius 2 is 1.73 bits per heavy atom. The van der Waals surface area contributed by atoms with Gasteiger partial charge in [-0.3, -0.25) is 9.78 Å². The lowest BCUT2D eigenvalue weighted by molar-refractivity contribution is -0.152. The molecule has 0 bridgehead atoms. The van der Waals surface area contributed by atoms with Gasteiger partial charge in [0.1, 0.15) is 11.5 Å². The van der Waals surface area contributed by atoms with Crippen molar-refractivity contribution in [1.29, 1.82) is 0 Å². The van der Waals surface area contributed by atoms with E-state index in [1.807, 2.05) is 60.8 Å². The summed E-state index contributed by atoms with van der Waals surface area (Å²) < 4.78 is 14.1. The Balaban J connectivity index is 1.26. The fourth-order valence-corrected chi connectivity index (χ4v) is 5.02. The minimum Gasteiger partial charge on any atom is -0.493 e. The van der Waals surface area contributed by atoms with Crippen molar-refractivity contribution in [3.05, 3.63) is 102 Å². The SMILES string of the molecule is CCCc1c(OCCCn2ccc3cc(OC(C)(C)C(=O)O)ccc32)ccc2cc(C(=O)c3ccncc3)ccc12. The second-order valence-electron chi connectivity index (χ2n) is 10.6. The molecule has 0 aliphatic rings. The van der Waals surface area contributed by atoms with Crippen molar-refractivity contribution >= 4 is 33.4 Å². The third-order valence-electron chi connectivity index (χ3n) is 7.22. The maximum Gasteiger partial charge on any atom is 0.347 e. The number of ketones is 1. The average molecular weight is 551 g/mol. The summed E-state index contributed by atoms with van der Waals surface area (Å²) in [6.07, 6.45) is 7.98. The zero-order valence-corrected chi connectivity index (χ0v) is 23.6. The quantitative estimate of drug-likeness (QED) is 0.132. The molecule has 3 aromatic carbocycles. The van der Waals surface area contributed by atoms with Crippen molar-refractivity contribution in [2.45, 2.75) is 52.2 Å². The molecule has 1 N–H and O–H groups in total. The van der Waals surface area contributed by atoms with Crippen LogP contribution in [0.3, 0.4) is 0 Å². The van der Waals surface area contributed by atoms with Crippen LogP contribution in [0.15, 0.2) is 85.3 Å². The van der Waals surface area contributed by atoms with E-state index in [9.17, 15) is 14.7 Å². The molecule has 0 saturated heterocycles. The summed E-state index contributed by atoms with van der Waals surface area (Å²) in [5.41, 5.74) is 2.20. The first-order chi connectivity index (χ1) is 19.8. The molecule has 7 nitrogen and oxygen atoms in total. The Morgan fingerprint density at radius 3 is 2.49 bits per heavy atom. The van der Waals surface area contributed by atoms with Gasteiger partial charge in [0, 0.05) is 52.7 Å². The number of carboxylic acids is 1. The minimum absolute atomic E-state index is 0.0166. The number of aromatic nitrogens is 2. The van der Waals surface area contributed by atoms with Crippen molar-refractivity contribution in [1.82, 2.24) is 9.55 Å². The van der Waals surface area contributed by atoms with Gasteiger partial charge in [0.25, 0.3) is 0 Å². The summed E-state index contributed by atoms with van der Waals surface area (Å²) in [5.74, 6) is 0.383. The van der Waals surface area contributed by atoms with Crippen LogP contribution in [-0.2, 0) is 17.8 Å². The van der Waals surface area contributed by atoms with Gasteiger partial charge in [-0.15, -0.1) is 0 Å². The molecule has 2 aromatic heterocycles. The van der Waals surface area contributed by atoms with E-state index in [1.54, 1.807) is 24.5 Å². The first-order valence-corrected chi connectivity index (χ1v) is 13.9. The number of nitrogens with zero attached hydrogens (tertiary/aromatic N) is 2. The molecule has 0 fully saturated rings. The third-order valence-corrected chi connectivity index (χ3v) is 7.22. The number of rotatable bonds is 12. The topological polar surface area (TPSA) is 90.6 Å². The highest BCUT2D eigenvalue weighted by Crippen LogP contribution is 2.31. The molecule has 0 amide bonds. The highest BCUT2D eigenvalue weighted by Gasteiger charge is 2.29. The molecular formula is C34H34N2O5. The number of carbonyl (C=O) groups is 2. The third kappa shape index (κ3) is 6.09. The minimum atomic E-state index is -1.30. The van der Waals surface area contributed by atoms with E-state index in [0.717, 1.165) is 58.8 Å². The molecule has 0 saturated carbocycles. The van der Waals surface area contributed by atoms with Crippen molar-refractivity contribution in [2.75, 3.05) is 6.61 Å². The number of ether oxygens (including phenoxy) is 2. The summed E-state index contributed by atoms with van der Waals surface area (Å²) in [6, 6.07) is 21.0. The monoisotopic (exact) mass is 550 g/mol. The fourth-order valence-electron chi connectivity index (χ4n) is 5.02. The predicted octanol–water partition coefficient (Wildman–Crippen LogP) is 7.08. The summed E-state index contributed by atoms with van der Waals surface area (Å²) in [7, 11) is 0. The van der Waals surface area contributed by atoms with Crippen molar-refractivity contribution in [2.24, 2.45) is 0 Å². The lowest BCUT2D eigenvalue weighted by Crippen LogP contribution is -2.37. The lowest BCUT2D eigenvalue weighted by atomic mass is 9.96. The number of carbonyl (C=O) groups excluding carboxylic acids is 1. The molecule has 41 heavy (non-hydrogen) atoms. The van der Waals surface area contributed by atoms with E-state index < -0.39 is 11.6 Å². The zero-order chi connectivity index (χ0) is 29.0. The van der Waals surface area contributed by atoms with Crippen LogP contribution in [-0.4, -0.2) is 38.6 Å². The van der Waals surface area contributed by atoms with Crippen molar-refractivity contribution < 1.29 is 24.2 Å². The van der Waals surface area contributed by atoms with E-state index in [1.165, 1.54) is 13.8 Å². The summed E-state index contributed by atoms with van der Waals surface area (Å²) in [6.45, 7) is 6.57. The van der Waals surface area contributed by atoms with Crippen LogP contribution in [0, 0.1) is 0 Å². The highest BCUT2D eigenvalue weighted by atomic mass is 16.5. The number of carboxylic acid groups (broad SMARTS) is 1. The van der Waals surface area contributed by atoms with Gasteiger partial charge in [-0.05, 0) is 86.0 Å². The second kappa shape index (κ2) is 11.8. The van der Waals surface area contributed by atoms with E-state index in [2.05, 4.69) is 16.5 Å². The van der Waals surface area contributed by atoms with Gasteiger partial charge in [0.15, 0.2) is 11.4 Å². The van der Waals surface area contributed by atoms with E-state index in [0.29, 0.717) is 23.5 Å². The molecule has 0 aliphatic heterocycles. The number of aliphatic carboxylic acids is 1. The van der Waals surface area contributed by atoms with E-state index in [4.69, 9.17) is 9.47 Å². The van der Waals surface area contributed by atoms with E-state index in [-0.39, 0.29) is 5.78 Å². The molecule has 5 rings (SSSR count). The van der Waals surface area contributed by atoms with Gasteiger partial charge < -0.3 is 19.1 Å². The normalized spacial score (nSPS) is 11.6. The molecule has 0 aliphatic carbocycles. The van der Waals surface area contributed by atoms with Crippen LogP contribution in [0.1, 0.15) is 55.1 Å². The molecule has 210 valence electrons. The Bertz CT molecular complexity index is 1710. The van der Waals surface area contributed by atoms with Gasteiger partial charge in [-0.1, -0.05) is 31.5 Å².